The zero-order valence-electron chi connectivity index (χ0n) is 13.3. The van der Waals surface area contributed by atoms with Gasteiger partial charge in [0.1, 0.15) is 6.10 Å². The van der Waals surface area contributed by atoms with E-state index < -0.39 is 0 Å². The SMILES string of the molecule is CN(/[N+]([O-])=N/O[C@H]1CC[C@@H](n2cccn2)CC1)C(C)(C)C. The molecule has 0 radical (unpaired) electrons. The summed E-state index contributed by atoms with van der Waals surface area (Å²) in [7, 11) is 1.70. The van der Waals surface area contributed by atoms with Crippen LogP contribution in [0, 0.1) is 5.21 Å². The predicted octanol–water partition coefficient (Wildman–Crippen LogP) is 2.91. The molecule has 0 atom stereocenters. The summed E-state index contributed by atoms with van der Waals surface area (Å²) in [5, 5.41) is 21.3. The quantitative estimate of drug-likeness (QED) is 0.486. The molecule has 0 spiro atoms. The molecule has 1 fully saturated rings. The lowest BCUT2D eigenvalue weighted by Crippen LogP contribution is -2.42. The van der Waals surface area contributed by atoms with Gasteiger partial charge in [-0.15, -0.1) is 5.01 Å². The minimum atomic E-state index is -0.285. The fraction of sp³-hybridized carbons (Fsp3) is 0.786. The van der Waals surface area contributed by atoms with E-state index in [4.69, 9.17) is 4.84 Å². The second-order valence-electron chi connectivity index (χ2n) is 6.55. The molecule has 0 amide bonds. The molecule has 118 valence electrons. The number of hydrogen-bond acceptors (Lipinski definition) is 4. The molecule has 21 heavy (non-hydrogen) atoms. The lowest BCUT2D eigenvalue weighted by Gasteiger charge is -2.28. The highest BCUT2D eigenvalue weighted by molar-refractivity contribution is 4.84. The Balaban J connectivity index is 1.81. The third kappa shape index (κ3) is 4.09. The molecule has 1 saturated carbocycles. The summed E-state index contributed by atoms with van der Waals surface area (Å²) in [6.07, 6.45) is 7.58. The van der Waals surface area contributed by atoms with Crippen molar-refractivity contribution in [2.75, 3.05) is 7.05 Å². The van der Waals surface area contributed by atoms with Crippen molar-refractivity contribution in [1.29, 1.82) is 0 Å². The lowest BCUT2D eigenvalue weighted by molar-refractivity contribution is -0.720. The van der Waals surface area contributed by atoms with E-state index in [1.807, 2.05) is 37.7 Å². The van der Waals surface area contributed by atoms with Crippen molar-refractivity contribution in [2.45, 2.75) is 64.1 Å². The smallest absolute Gasteiger partial charge is 0.233 e. The van der Waals surface area contributed by atoms with Crippen LogP contribution in [0.2, 0.25) is 0 Å². The summed E-state index contributed by atoms with van der Waals surface area (Å²) in [5.74, 6) is 0. The normalized spacial score (nSPS) is 23.9. The van der Waals surface area contributed by atoms with Crippen LogP contribution in [-0.4, -0.2) is 38.4 Å². The molecule has 1 aliphatic rings. The van der Waals surface area contributed by atoms with Crippen molar-refractivity contribution >= 4 is 0 Å². The molecule has 7 heteroatoms. The minimum Gasteiger partial charge on any atom is -0.569 e. The first-order valence-electron chi connectivity index (χ1n) is 7.45. The van der Waals surface area contributed by atoms with Crippen LogP contribution in [0.1, 0.15) is 52.5 Å². The molecule has 0 unspecified atom stereocenters. The lowest BCUT2D eigenvalue weighted by atomic mass is 9.93. The highest BCUT2D eigenvalue weighted by Crippen LogP contribution is 2.29. The van der Waals surface area contributed by atoms with Crippen molar-refractivity contribution < 1.29 is 9.81 Å². The van der Waals surface area contributed by atoms with Gasteiger partial charge in [0.05, 0.1) is 23.6 Å². The maximum Gasteiger partial charge on any atom is 0.233 e. The Morgan fingerprint density at radius 3 is 2.52 bits per heavy atom. The largest absolute Gasteiger partial charge is 0.569 e. The summed E-state index contributed by atoms with van der Waals surface area (Å²) in [4.78, 5) is 5.92. The van der Waals surface area contributed by atoms with Gasteiger partial charge in [-0.25, -0.2) is 0 Å². The van der Waals surface area contributed by atoms with Crippen molar-refractivity contribution in [3.8, 4) is 0 Å². The molecule has 1 heterocycles. The van der Waals surface area contributed by atoms with Gasteiger partial charge in [0.15, 0.2) is 0 Å². The second kappa shape index (κ2) is 6.32. The van der Waals surface area contributed by atoms with Crippen LogP contribution in [0.4, 0.5) is 0 Å². The minimum absolute atomic E-state index is 0.0154. The van der Waals surface area contributed by atoms with Crippen LogP contribution in [0.15, 0.2) is 23.7 Å². The maximum atomic E-state index is 11.8. The van der Waals surface area contributed by atoms with Crippen molar-refractivity contribution in [3.63, 3.8) is 0 Å². The third-order valence-electron chi connectivity index (χ3n) is 4.04. The third-order valence-corrected chi connectivity index (χ3v) is 4.04. The molecule has 0 aromatic carbocycles. The number of nitrogens with zero attached hydrogens (tertiary/aromatic N) is 5. The topological polar surface area (TPSA) is 68.7 Å². The first-order chi connectivity index (χ1) is 9.88. The van der Waals surface area contributed by atoms with Crippen LogP contribution in [0.5, 0.6) is 0 Å². The van der Waals surface area contributed by atoms with E-state index >= 15 is 0 Å². The van der Waals surface area contributed by atoms with E-state index in [1.165, 1.54) is 5.01 Å². The van der Waals surface area contributed by atoms with Crippen LogP contribution in [0.3, 0.4) is 0 Å². The van der Waals surface area contributed by atoms with E-state index in [1.54, 1.807) is 13.2 Å². The van der Waals surface area contributed by atoms with Crippen LogP contribution >= 0.6 is 0 Å². The first-order valence-corrected chi connectivity index (χ1v) is 7.45. The highest BCUT2D eigenvalue weighted by atomic mass is 16.7. The molecule has 0 bridgehead atoms. The summed E-state index contributed by atoms with van der Waals surface area (Å²) < 4.78 is 2.00. The molecule has 1 aromatic heterocycles. The Labute approximate surface area is 125 Å². The van der Waals surface area contributed by atoms with E-state index in [2.05, 4.69) is 10.4 Å². The Kier molecular flexibility index (Phi) is 4.69. The highest BCUT2D eigenvalue weighted by Gasteiger charge is 2.27. The number of rotatable bonds is 4. The van der Waals surface area contributed by atoms with Crippen LogP contribution < -0.4 is 0 Å². The molecular weight excluding hydrogens is 270 g/mol. The standard InChI is InChI=1S/C14H25N5O2/c1-14(2,3)17(4)19(20)16-21-13-8-6-12(7-9-13)18-11-5-10-15-18/h5,10-13H,6-9H2,1-4H3/b19-16-/t12-,13+. The molecule has 0 N–H and O–H groups in total. The summed E-state index contributed by atoms with van der Waals surface area (Å²) in [6.45, 7) is 5.84. The Hall–Kier alpha value is -1.79. The molecule has 1 aromatic rings. The summed E-state index contributed by atoms with van der Waals surface area (Å²) >= 11 is 0. The van der Waals surface area contributed by atoms with Crippen molar-refractivity contribution in [1.82, 2.24) is 14.8 Å². The number of hydrazine groups is 1. The molecule has 0 saturated heterocycles. The van der Waals surface area contributed by atoms with Gasteiger partial charge in [-0.1, -0.05) is 0 Å². The number of aromatic nitrogens is 2. The summed E-state index contributed by atoms with van der Waals surface area (Å²) in [6, 6.07) is 2.37. The van der Waals surface area contributed by atoms with Gasteiger partial charge in [0.2, 0.25) is 5.28 Å². The van der Waals surface area contributed by atoms with Gasteiger partial charge in [0.25, 0.3) is 0 Å². The van der Waals surface area contributed by atoms with E-state index in [0.29, 0.717) is 11.0 Å². The Morgan fingerprint density at radius 1 is 1.33 bits per heavy atom. The average molecular weight is 295 g/mol. The monoisotopic (exact) mass is 295 g/mol. The Bertz CT molecular complexity index is 458. The van der Waals surface area contributed by atoms with Gasteiger partial charge in [-0.3, -0.25) is 4.68 Å². The van der Waals surface area contributed by atoms with E-state index in [-0.39, 0.29) is 11.6 Å². The summed E-state index contributed by atoms with van der Waals surface area (Å²) in [5.41, 5.74) is -0.285. The van der Waals surface area contributed by atoms with Gasteiger partial charge in [0, 0.05) is 12.4 Å². The second-order valence-corrected chi connectivity index (χ2v) is 6.55. The van der Waals surface area contributed by atoms with Gasteiger partial charge in [-0.05, 0) is 52.5 Å². The van der Waals surface area contributed by atoms with E-state index in [0.717, 1.165) is 25.7 Å². The van der Waals surface area contributed by atoms with Crippen LogP contribution in [0.25, 0.3) is 0 Å². The first kappa shape index (κ1) is 15.6. The molecule has 2 rings (SSSR count). The fourth-order valence-corrected chi connectivity index (χ4v) is 2.33. The Morgan fingerprint density at radius 2 is 2.00 bits per heavy atom. The van der Waals surface area contributed by atoms with Gasteiger partial charge >= 0.3 is 0 Å². The maximum absolute atomic E-state index is 11.8. The number of hydrogen-bond donors (Lipinski definition) is 0. The van der Waals surface area contributed by atoms with E-state index in [9.17, 15) is 5.21 Å². The molecule has 1 aliphatic carbocycles. The van der Waals surface area contributed by atoms with Gasteiger partial charge in [-0.2, -0.15) is 5.10 Å². The average Bonchev–Trinajstić information content (AvgIpc) is 2.97. The fourth-order valence-electron chi connectivity index (χ4n) is 2.33. The van der Waals surface area contributed by atoms with Gasteiger partial charge < -0.3 is 10.0 Å². The molecule has 0 aliphatic heterocycles. The molecular formula is C14H25N5O2. The zero-order valence-corrected chi connectivity index (χ0v) is 13.3. The predicted molar refractivity (Wildman–Crippen MR) is 78.2 cm³/mol. The zero-order chi connectivity index (χ0) is 15.5. The molecule has 7 nitrogen and oxygen atoms in total. The van der Waals surface area contributed by atoms with Crippen LogP contribution in [-0.2, 0) is 4.84 Å². The van der Waals surface area contributed by atoms with Crippen molar-refractivity contribution in [3.05, 3.63) is 23.7 Å². The van der Waals surface area contributed by atoms with Crippen molar-refractivity contribution in [2.24, 2.45) is 5.28 Å².